The van der Waals surface area contributed by atoms with Crippen LogP contribution in [0.15, 0.2) is 79.3 Å². The second-order valence-electron chi connectivity index (χ2n) is 9.36. The molecule has 1 atom stereocenters. The summed E-state index contributed by atoms with van der Waals surface area (Å²) in [6, 6.07) is 16.2. The quantitative estimate of drug-likeness (QED) is 0.251. The fourth-order valence-electron chi connectivity index (χ4n) is 4.27. The number of benzene rings is 3. The first kappa shape index (κ1) is 25.9. The molecule has 0 aliphatic carbocycles. The summed E-state index contributed by atoms with van der Waals surface area (Å²) < 4.78 is 41.0. The molecule has 7 nitrogen and oxygen atoms in total. The van der Waals surface area contributed by atoms with Crippen molar-refractivity contribution < 1.29 is 18.0 Å². The van der Waals surface area contributed by atoms with Crippen LogP contribution in [0.4, 0.5) is 30.5 Å². The van der Waals surface area contributed by atoms with Crippen LogP contribution in [0.3, 0.4) is 0 Å². The van der Waals surface area contributed by atoms with E-state index < -0.39 is 23.6 Å². The summed E-state index contributed by atoms with van der Waals surface area (Å²) in [6.07, 6.45) is 0.778. The number of carbonyl (C=O) groups is 1. The normalized spacial score (nSPS) is 12.4. The van der Waals surface area contributed by atoms with Gasteiger partial charge in [-0.3, -0.25) is 9.48 Å². The molecular formula is C29H25F3N6O. The number of hydrogen-bond donors (Lipinski definition) is 2. The average molecular weight is 531 g/mol. The van der Waals surface area contributed by atoms with Crippen LogP contribution in [0.5, 0.6) is 0 Å². The summed E-state index contributed by atoms with van der Waals surface area (Å²) in [5.41, 5.74) is 4.42. The maximum absolute atomic E-state index is 13.1. The topological polar surface area (TPSA) is 84.7 Å². The number of amides is 1. The number of aromatic nitrogens is 4. The first-order chi connectivity index (χ1) is 18.6. The number of anilines is 3. The number of fused-ring (bicyclic) bond motifs is 1. The summed E-state index contributed by atoms with van der Waals surface area (Å²) in [4.78, 5) is 21.9. The number of alkyl halides is 3. The van der Waals surface area contributed by atoms with Crippen LogP contribution in [0, 0.1) is 6.92 Å². The molecule has 5 aromatic rings. The molecule has 0 spiro atoms. The molecule has 0 fully saturated rings. The molecule has 0 bridgehead atoms. The van der Waals surface area contributed by atoms with Gasteiger partial charge in [0, 0.05) is 30.5 Å². The third-order valence-corrected chi connectivity index (χ3v) is 6.46. The molecule has 5 rings (SSSR count). The zero-order chi connectivity index (χ0) is 27.7. The molecule has 198 valence electrons. The smallest absolute Gasteiger partial charge is 0.326 e. The van der Waals surface area contributed by atoms with Crippen molar-refractivity contribution in [2.75, 3.05) is 10.6 Å². The van der Waals surface area contributed by atoms with E-state index in [0.717, 1.165) is 45.4 Å². The van der Waals surface area contributed by atoms with Gasteiger partial charge in [-0.05, 0) is 66.4 Å². The first-order valence-corrected chi connectivity index (χ1v) is 12.2. The van der Waals surface area contributed by atoms with Gasteiger partial charge in [-0.25, -0.2) is 9.97 Å². The summed E-state index contributed by atoms with van der Waals surface area (Å²) in [5, 5.41) is 10.9. The standard InChI is InChI=1S/C29H25F3N6O/c1-17-7-9-23(35-27(39)18(2)19-5-4-6-22(12-19)29(30,31)32)13-25(17)20-8-10-26-21(11-20)14-33-28(37-26)36-24-15-34-38(3)16-24/h4-16,18H,1-3H3,(H,35,39)(H,33,36,37). The highest BCUT2D eigenvalue weighted by Gasteiger charge is 2.31. The van der Waals surface area contributed by atoms with E-state index in [4.69, 9.17) is 0 Å². The predicted molar refractivity (Wildman–Crippen MR) is 145 cm³/mol. The highest BCUT2D eigenvalue weighted by atomic mass is 19.4. The van der Waals surface area contributed by atoms with Gasteiger partial charge in [-0.15, -0.1) is 0 Å². The summed E-state index contributed by atoms with van der Waals surface area (Å²) >= 11 is 0. The van der Waals surface area contributed by atoms with Gasteiger partial charge in [-0.2, -0.15) is 18.3 Å². The number of carbonyl (C=O) groups excluding carboxylic acids is 1. The minimum absolute atomic E-state index is 0.293. The lowest BCUT2D eigenvalue weighted by atomic mass is 9.97. The Morgan fingerprint density at radius 2 is 1.82 bits per heavy atom. The Bertz CT molecular complexity index is 1680. The lowest BCUT2D eigenvalue weighted by Gasteiger charge is -2.16. The maximum Gasteiger partial charge on any atom is 0.416 e. The van der Waals surface area contributed by atoms with Gasteiger partial charge in [0.25, 0.3) is 0 Å². The fraction of sp³-hybridized carbons (Fsp3) is 0.172. The van der Waals surface area contributed by atoms with E-state index in [2.05, 4.69) is 25.7 Å². The largest absolute Gasteiger partial charge is 0.416 e. The van der Waals surface area contributed by atoms with Gasteiger partial charge in [0.05, 0.1) is 28.9 Å². The highest BCUT2D eigenvalue weighted by Crippen LogP contribution is 2.32. The molecule has 0 radical (unpaired) electrons. The van der Waals surface area contributed by atoms with Gasteiger partial charge in [0.15, 0.2) is 0 Å². The molecule has 3 aromatic carbocycles. The van der Waals surface area contributed by atoms with Crippen LogP contribution in [0.1, 0.15) is 29.5 Å². The van der Waals surface area contributed by atoms with Crippen molar-refractivity contribution >= 4 is 34.1 Å². The Morgan fingerprint density at radius 3 is 2.56 bits per heavy atom. The van der Waals surface area contributed by atoms with E-state index in [0.29, 0.717) is 17.2 Å². The van der Waals surface area contributed by atoms with Crippen LogP contribution in [0.25, 0.3) is 22.0 Å². The second kappa shape index (κ2) is 10.2. The zero-order valence-corrected chi connectivity index (χ0v) is 21.4. The third kappa shape index (κ3) is 5.74. The van der Waals surface area contributed by atoms with Crippen LogP contribution >= 0.6 is 0 Å². The molecule has 0 saturated carbocycles. The van der Waals surface area contributed by atoms with E-state index in [1.165, 1.54) is 12.1 Å². The van der Waals surface area contributed by atoms with Crippen LogP contribution in [-0.2, 0) is 18.0 Å². The summed E-state index contributed by atoms with van der Waals surface area (Å²) in [6.45, 7) is 3.55. The zero-order valence-electron chi connectivity index (χ0n) is 21.4. The van der Waals surface area contributed by atoms with E-state index in [1.54, 1.807) is 30.1 Å². The number of hydrogen-bond acceptors (Lipinski definition) is 5. The van der Waals surface area contributed by atoms with Gasteiger partial charge >= 0.3 is 6.18 Å². The fourth-order valence-corrected chi connectivity index (χ4v) is 4.27. The van der Waals surface area contributed by atoms with Crippen molar-refractivity contribution in [2.45, 2.75) is 25.9 Å². The van der Waals surface area contributed by atoms with Crippen molar-refractivity contribution in [1.82, 2.24) is 19.7 Å². The number of halogens is 3. The predicted octanol–water partition coefficient (Wildman–Crippen LogP) is 6.84. The number of nitrogens with one attached hydrogen (secondary N) is 2. The van der Waals surface area contributed by atoms with Crippen molar-refractivity contribution in [2.24, 2.45) is 7.05 Å². The average Bonchev–Trinajstić information content (AvgIpc) is 3.32. The Kier molecular flexibility index (Phi) is 6.78. The lowest BCUT2D eigenvalue weighted by molar-refractivity contribution is -0.137. The Balaban J connectivity index is 1.36. The maximum atomic E-state index is 13.1. The van der Waals surface area contributed by atoms with E-state index in [-0.39, 0.29) is 0 Å². The van der Waals surface area contributed by atoms with Crippen LogP contribution in [-0.4, -0.2) is 25.7 Å². The van der Waals surface area contributed by atoms with Gasteiger partial charge < -0.3 is 10.6 Å². The SMILES string of the molecule is Cc1ccc(NC(=O)C(C)c2cccc(C(F)(F)F)c2)cc1-c1ccc2nc(Nc3cnn(C)c3)ncc2c1. The highest BCUT2D eigenvalue weighted by molar-refractivity contribution is 5.96. The Hall–Kier alpha value is -4.73. The Morgan fingerprint density at radius 1 is 1.00 bits per heavy atom. The van der Waals surface area contributed by atoms with Gasteiger partial charge in [-0.1, -0.05) is 30.3 Å². The van der Waals surface area contributed by atoms with Crippen LogP contribution < -0.4 is 10.6 Å². The molecule has 0 saturated heterocycles. The monoisotopic (exact) mass is 530 g/mol. The van der Waals surface area contributed by atoms with Gasteiger partial charge in [0.1, 0.15) is 0 Å². The van der Waals surface area contributed by atoms with Crippen molar-refractivity contribution in [3.05, 3.63) is 95.9 Å². The van der Waals surface area contributed by atoms with Gasteiger partial charge in [0.2, 0.25) is 11.9 Å². The molecule has 10 heteroatoms. The molecule has 0 aliphatic rings. The molecule has 0 aliphatic heterocycles. The minimum Gasteiger partial charge on any atom is -0.326 e. The molecule has 1 amide bonds. The van der Waals surface area contributed by atoms with E-state index in [1.807, 2.05) is 50.5 Å². The van der Waals surface area contributed by atoms with E-state index >= 15 is 0 Å². The summed E-state index contributed by atoms with van der Waals surface area (Å²) in [7, 11) is 1.83. The molecule has 39 heavy (non-hydrogen) atoms. The second-order valence-corrected chi connectivity index (χ2v) is 9.36. The third-order valence-electron chi connectivity index (χ3n) is 6.46. The van der Waals surface area contributed by atoms with Crippen LogP contribution in [0.2, 0.25) is 0 Å². The summed E-state index contributed by atoms with van der Waals surface area (Å²) in [5.74, 6) is -0.715. The van der Waals surface area contributed by atoms with Crippen molar-refractivity contribution in [3.63, 3.8) is 0 Å². The lowest BCUT2D eigenvalue weighted by Crippen LogP contribution is -2.19. The van der Waals surface area contributed by atoms with E-state index in [9.17, 15) is 18.0 Å². The molecule has 2 heterocycles. The Labute approximate surface area is 222 Å². The van der Waals surface area contributed by atoms with Crippen molar-refractivity contribution in [1.29, 1.82) is 0 Å². The molecule has 2 N–H and O–H groups in total. The number of rotatable bonds is 6. The minimum atomic E-state index is -4.47. The molecule has 1 unspecified atom stereocenters. The number of nitrogens with zero attached hydrogens (tertiary/aromatic N) is 4. The number of aryl methyl sites for hydroxylation is 2. The first-order valence-electron chi connectivity index (χ1n) is 12.2. The molecular weight excluding hydrogens is 505 g/mol. The van der Waals surface area contributed by atoms with Crippen molar-refractivity contribution in [3.8, 4) is 11.1 Å². The molecule has 2 aromatic heterocycles.